The lowest BCUT2D eigenvalue weighted by atomic mass is 9.95. The Morgan fingerprint density at radius 2 is 1.55 bits per heavy atom. The summed E-state index contributed by atoms with van der Waals surface area (Å²) in [5.41, 5.74) is 6.25. The molecular weight excluding hydrogens is 246 g/mol. The molecule has 0 aliphatic rings. The van der Waals surface area contributed by atoms with Gasteiger partial charge in [0.1, 0.15) is 5.75 Å². The van der Waals surface area contributed by atoms with Crippen LogP contribution in [0.2, 0.25) is 0 Å². The lowest BCUT2D eigenvalue weighted by Crippen LogP contribution is -2.18. The monoisotopic (exact) mass is 269 g/mol. The molecule has 0 saturated heterocycles. The Morgan fingerprint density at radius 3 is 2.10 bits per heavy atom. The highest BCUT2D eigenvalue weighted by molar-refractivity contribution is 5.42. The third-order valence-corrected chi connectivity index (χ3v) is 3.63. The predicted octanol–water partition coefficient (Wildman–Crippen LogP) is 3.93. The van der Waals surface area contributed by atoms with Gasteiger partial charge in [0.25, 0.3) is 0 Å². The minimum absolute atomic E-state index is 0.183. The summed E-state index contributed by atoms with van der Waals surface area (Å²) in [6.45, 7) is 6.34. The van der Waals surface area contributed by atoms with Gasteiger partial charge in [-0.15, -0.1) is 0 Å². The first-order valence-corrected chi connectivity index (χ1v) is 6.95. The van der Waals surface area contributed by atoms with Crippen molar-refractivity contribution in [2.45, 2.75) is 26.8 Å². The standard InChI is InChI=1S/C18H23NO/c1-12-8-13(2)10-16(9-12)18(19-4)15-7-6-14(3)17(11-15)20-5/h6-11,18-19H,1-5H3. The van der Waals surface area contributed by atoms with E-state index in [1.807, 2.05) is 7.05 Å². The molecule has 0 aromatic heterocycles. The van der Waals surface area contributed by atoms with E-state index in [1.54, 1.807) is 7.11 Å². The highest BCUT2D eigenvalue weighted by Gasteiger charge is 2.14. The molecule has 1 atom stereocenters. The van der Waals surface area contributed by atoms with Crippen LogP contribution in [0.15, 0.2) is 36.4 Å². The second-order valence-corrected chi connectivity index (χ2v) is 5.37. The van der Waals surface area contributed by atoms with Gasteiger partial charge in [0.2, 0.25) is 0 Å². The molecule has 2 heteroatoms. The molecule has 1 unspecified atom stereocenters. The molecule has 2 nitrogen and oxygen atoms in total. The van der Waals surface area contributed by atoms with Crippen LogP contribution in [0.25, 0.3) is 0 Å². The van der Waals surface area contributed by atoms with Crippen LogP contribution in [0, 0.1) is 20.8 Å². The average molecular weight is 269 g/mol. The lowest BCUT2D eigenvalue weighted by molar-refractivity contribution is 0.410. The zero-order valence-electron chi connectivity index (χ0n) is 12.9. The van der Waals surface area contributed by atoms with Crippen LogP contribution in [0.1, 0.15) is 33.9 Å². The highest BCUT2D eigenvalue weighted by Crippen LogP contribution is 2.28. The molecule has 0 amide bonds. The smallest absolute Gasteiger partial charge is 0.122 e. The average Bonchev–Trinajstić information content (AvgIpc) is 2.40. The van der Waals surface area contributed by atoms with Crippen LogP contribution in [0.4, 0.5) is 0 Å². The Hall–Kier alpha value is -1.80. The van der Waals surface area contributed by atoms with E-state index in [1.165, 1.54) is 22.3 Å². The molecule has 0 spiro atoms. The maximum Gasteiger partial charge on any atom is 0.122 e. The van der Waals surface area contributed by atoms with Gasteiger partial charge in [0, 0.05) is 0 Å². The Labute approximate surface area is 121 Å². The molecule has 106 valence electrons. The summed E-state index contributed by atoms with van der Waals surface area (Å²) in [6.07, 6.45) is 0. The zero-order valence-corrected chi connectivity index (χ0v) is 12.9. The van der Waals surface area contributed by atoms with Gasteiger partial charge in [0.15, 0.2) is 0 Å². The molecule has 20 heavy (non-hydrogen) atoms. The van der Waals surface area contributed by atoms with Gasteiger partial charge >= 0.3 is 0 Å². The molecule has 2 aromatic carbocycles. The number of ether oxygens (including phenoxy) is 1. The molecule has 0 fully saturated rings. The van der Waals surface area contributed by atoms with E-state index < -0.39 is 0 Å². The number of nitrogens with one attached hydrogen (secondary N) is 1. The van der Waals surface area contributed by atoms with Crippen LogP contribution >= 0.6 is 0 Å². The summed E-state index contributed by atoms with van der Waals surface area (Å²) in [4.78, 5) is 0. The molecule has 0 aliphatic heterocycles. The summed E-state index contributed by atoms with van der Waals surface area (Å²) in [5, 5.41) is 3.40. The normalized spacial score (nSPS) is 12.2. The fourth-order valence-corrected chi connectivity index (χ4v) is 2.72. The lowest BCUT2D eigenvalue weighted by Gasteiger charge is -2.20. The Balaban J connectivity index is 2.46. The Bertz CT molecular complexity index is 584. The van der Waals surface area contributed by atoms with Crippen molar-refractivity contribution in [1.29, 1.82) is 0 Å². The fourth-order valence-electron chi connectivity index (χ4n) is 2.72. The summed E-state index contributed by atoms with van der Waals surface area (Å²) in [7, 11) is 3.71. The van der Waals surface area contributed by atoms with Crippen molar-refractivity contribution in [2.24, 2.45) is 0 Å². The van der Waals surface area contributed by atoms with E-state index in [9.17, 15) is 0 Å². The van der Waals surface area contributed by atoms with E-state index in [2.05, 4.69) is 62.5 Å². The maximum absolute atomic E-state index is 5.44. The van der Waals surface area contributed by atoms with E-state index in [0.29, 0.717) is 0 Å². The molecule has 0 bridgehead atoms. The van der Waals surface area contributed by atoms with E-state index in [-0.39, 0.29) is 6.04 Å². The van der Waals surface area contributed by atoms with Gasteiger partial charge in [-0.2, -0.15) is 0 Å². The quantitative estimate of drug-likeness (QED) is 0.908. The molecule has 0 heterocycles. The topological polar surface area (TPSA) is 21.3 Å². The van der Waals surface area contributed by atoms with Gasteiger partial charge in [0.05, 0.1) is 13.2 Å². The highest BCUT2D eigenvalue weighted by atomic mass is 16.5. The summed E-state index contributed by atoms with van der Waals surface area (Å²) >= 11 is 0. The Morgan fingerprint density at radius 1 is 0.900 bits per heavy atom. The van der Waals surface area contributed by atoms with Crippen molar-refractivity contribution in [1.82, 2.24) is 5.32 Å². The zero-order chi connectivity index (χ0) is 14.7. The number of benzene rings is 2. The van der Waals surface area contributed by atoms with Crippen LogP contribution in [-0.4, -0.2) is 14.2 Å². The molecule has 0 saturated carbocycles. The first-order valence-electron chi connectivity index (χ1n) is 6.95. The summed E-state index contributed by atoms with van der Waals surface area (Å²) in [6, 6.07) is 13.3. The van der Waals surface area contributed by atoms with Crippen molar-refractivity contribution in [3.63, 3.8) is 0 Å². The minimum Gasteiger partial charge on any atom is -0.496 e. The second kappa shape index (κ2) is 6.10. The second-order valence-electron chi connectivity index (χ2n) is 5.37. The van der Waals surface area contributed by atoms with Gasteiger partial charge < -0.3 is 10.1 Å². The summed E-state index contributed by atoms with van der Waals surface area (Å²) in [5.74, 6) is 0.937. The van der Waals surface area contributed by atoms with Crippen molar-refractivity contribution < 1.29 is 4.74 Å². The largest absolute Gasteiger partial charge is 0.496 e. The Kier molecular flexibility index (Phi) is 4.46. The van der Waals surface area contributed by atoms with Crippen LogP contribution in [0.5, 0.6) is 5.75 Å². The molecule has 0 aliphatic carbocycles. The van der Waals surface area contributed by atoms with Crippen LogP contribution in [-0.2, 0) is 0 Å². The third-order valence-electron chi connectivity index (χ3n) is 3.63. The number of rotatable bonds is 4. The van der Waals surface area contributed by atoms with Crippen molar-refractivity contribution in [3.8, 4) is 5.75 Å². The molecule has 0 radical (unpaired) electrons. The number of methoxy groups -OCH3 is 1. The van der Waals surface area contributed by atoms with Crippen LogP contribution in [0.3, 0.4) is 0 Å². The van der Waals surface area contributed by atoms with E-state index in [0.717, 1.165) is 11.3 Å². The van der Waals surface area contributed by atoms with Crippen LogP contribution < -0.4 is 10.1 Å². The first kappa shape index (κ1) is 14.6. The first-order chi connectivity index (χ1) is 9.55. The van der Waals surface area contributed by atoms with Crippen molar-refractivity contribution in [3.05, 3.63) is 64.2 Å². The predicted molar refractivity (Wildman–Crippen MR) is 84.5 cm³/mol. The third kappa shape index (κ3) is 3.02. The molecular formula is C18H23NO. The van der Waals surface area contributed by atoms with E-state index in [4.69, 9.17) is 4.74 Å². The molecule has 2 aromatic rings. The number of aryl methyl sites for hydroxylation is 3. The number of hydrogen-bond acceptors (Lipinski definition) is 2. The van der Waals surface area contributed by atoms with Crippen molar-refractivity contribution >= 4 is 0 Å². The molecule has 2 rings (SSSR count). The van der Waals surface area contributed by atoms with Gasteiger partial charge in [-0.3, -0.25) is 0 Å². The minimum atomic E-state index is 0.183. The van der Waals surface area contributed by atoms with Gasteiger partial charge in [-0.1, -0.05) is 41.5 Å². The fraction of sp³-hybridized carbons (Fsp3) is 0.333. The van der Waals surface area contributed by atoms with Gasteiger partial charge in [-0.25, -0.2) is 0 Å². The van der Waals surface area contributed by atoms with Crippen molar-refractivity contribution in [2.75, 3.05) is 14.2 Å². The van der Waals surface area contributed by atoms with Gasteiger partial charge in [-0.05, 0) is 50.6 Å². The molecule has 1 N–H and O–H groups in total. The summed E-state index contributed by atoms with van der Waals surface area (Å²) < 4.78 is 5.44. The maximum atomic E-state index is 5.44. The van der Waals surface area contributed by atoms with E-state index >= 15 is 0 Å². The number of hydrogen-bond donors (Lipinski definition) is 1. The SMILES string of the molecule is CNC(c1cc(C)cc(C)c1)c1ccc(C)c(OC)c1.